The van der Waals surface area contributed by atoms with Gasteiger partial charge in [-0.2, -0.15) is 4.73 Å². The maximum absolute atomic E-state index is 9.01. The molecule has 2 rings (SSSR count). The van der Waals surface area contributed by atoms with Gasteiger partial charge in [0.2, 0.25) is 6.33 Å². The highest BCUT2D eigenvalue weighted by Crippen LogP contribution is 2.08. The number of benzene rings is 1. The Kier molecular flexibility index (Phi) is 0.917. The Morgan fingerprint density at radius 2 is 2.20 bits per heavy atom. The van der Waals surface area contributed by atoms with Gasteiger partial charge in [-0.3, -0.25) is 0 Å². The van der Waals surface area contributed by atoms with Crippen LogP contribution in [0.25, 0.3) is 11.0 Å². The number of imidazole rings is 1. The van der Waals surface area contributed by atoms with Gasteiger partial charge in [-0.25, -0.2) is 4.98 Å². The number of nitrogens with zero attached hydrogens (tertiary/aromatic N) is 2. The molecule has 0 saturated carbocycles. The van der Waals surface area contributed by atoms with Crippen molar-refractivity contribution in [1.82, 2.24) is 9.71 Å². The van der Waals surface area contributed by atoms with Crippen LogP contribution < -0.4 is 0 Å². The molecule has 0 atom stereocenters. The molecule has 0 fully saturated rings. The van der Waals surface area contributed by atoms with Gasteiger partial charge in [0.15, 0.2) is 0 Å². The molecule has 0 saturated heterocycles. The van der Waals surface area contributed by atoms with Crippen LogP contribution >= 0.6 is 0 Å². The molecule has 0 aliphatic heterocycles. The zero-order chi connectivity index (χ0) is 6.97. The van der Waals surface area contributed by atoms with Crippen LogP contribution in [0.15, 0.2) is 24.3 Å². The molecule has 0 aliphatic carbocycles. The van der Waals surface area contributed by atoms with Crippen molar-refractivity contribution < 1.29 is 5.21 Å². The Labute approximate surface area is 57.5 Å². The minimum Gasteiger partial charge on any atom is -0.426 e. The average Bonchev–Trinajstić information content (AvgIpc) is 2.34. The lowest BCUT2D eigenvalue weighted by Gasteiger charge is -1.88. The molecule has 10 heavy (non-hydrogen) atoms. The third-order valence-corrected chi connectivity index (χ3v) is 1.38. The molecule has 0 amide bonds. The van der Waals surface area contributed by atoms with Crippen molar-refractivity contribution in [2.75, 3.05) is 0 Å². The molecule has 0 bridgehead atoms. The zero-order valence-corrected chi connectivity index (χ0v) is 5.15. The smallest absolute Gasteiger partial charge is 0.215 e. The summed E-state index contributed by atoms with van der Waals surface area (Å²) in [4.78, 5) is 3.81. The number of hydrogen-bond acceptors (Lipinski definition) is 2. The van der Waals surface area contributed by atoms with Crippen molar-refractivity contribution in [3.05, 3.63) is 30.6 Å². The van der Waals surface area contributed by atoms with Crippen molar-refractivity contribution in [2.24, 2.45) is 0 Å². The summed E-state index contributed by atoms with van der Waals surface area (Å²) < 4.78 is 0.884. The van der Waals surface area contributed by atoms with Crippen molar-refractivity contribution in [2.45, 2.75) is 0 Å². The molecular formula is C7H5N2O. The number of fused-ring (bicyclic) bond motifs is 1. The van der Waals surface area contributed by atoms with Crippen LogP contribution in [0.3, 0.4) is 0 Å². The summed E-state index contributed by atoms with van der Waals surface area (Å²) in [6.07, 6.45) is 2.40. The molecule has 0 spiro atoms. The second-order valence-electron chi connectivity index (χ2n) is 2.01. The SMILES string of the molecule is On1[c]nc2ccccc21. The molecule has 49 valence electrons. The van der Waals surface area contributed by atoms with Gasteiger partial charge in [-0.05, 0) is 12.1 Å². The van der Waals surface area contributed by atoms with E-state index < -0.39 is 0 Å². The summed E-state index contributed by atoms with van der Waals surface area (Å²) in [6.45, 7) is 0. The van der Waals surface area contributed by atoms with E-state index >= 15 is 0 Å². The van der Waals surface area contributed by atoms with E-state index in [1.165, 1.54) is 0 Å². The van der Waals surface area contributed by atoms with Crippen LogP contribution in [0.4, 0.5) is 0 Å². The van der Waals surface area contributed by atoms with Gasteiger partial charge >= 0.3 is 0 Å². The first-order valence-corrected chi connectivity index (χ1v) is 2.92. The summed E-state index contributed by atoms with van der Waals surface area (Å²) in [5.74, 6) is 0. The van der Waals surface area contributed by atoms with Crippen molar-refractivity contribution in [3.8, 4) is 0 Å². The van der Waals surface area contributed by atoms with E-state index in [1.807, 2.05) is 18.2 Å². The molecule has 3 heteroatoms. The quantitative estimate of drug-likeness (QED) is 0.546. The van der Waals surface area contributed by atoms with Gasteiger partial charge in [-0.15, -0.1) is 0 Å². The van der Waals surface area contributed by atoms with E-state index in [1.54, 1.807) is 6.07 Å². The Balaban J connectivity index is 2.93. The van der Waals surface area contributed by atoms with E-state index in [2.05, 4.69) is 11.3 Å². The first-order valence-electron chi connectivity index (χ1n) is 2.92. The van der Waals surface area contributed by atoms with Gasteiger partial charge in [0.05, 0.1) is 5.52 Å². The first kappa shape index (κ1) is 5.29. The third kappa shape index (κ3) is 0.572. The molecule has 0 aliphatic rings. The lowest BCUT2D eigenvalue weighted by molar-refractivity contribution is 0.195. The predicted octanol–water partition coefficient (Wildman–Crippen LogP) is 1.07. The summed E-state index contributed by atoms with van der Waals surface area (Å²) in [7, 11) is 0. The van der Waals surface area contributed by atoms with Crippen molar-refractivity contribution in [1.29, 1.82) is 0 Å². The summed E-state index contributed by atoms with van der Waals surface area (Å²) in [5, 5.41) is 9.01. The van der Waals surface area contributed by atoms with Gasteiger partial charge in [0.1, 0.15) is 5.52 Å². The van der Waals surface area contributed by atoms with Gasteiger partial charge in [0, 0.05) is 0 Å². The molecule has 1 aromatic heterocycles. The molecule has 2 aromatic rings. The Hall–Kier alpha value is -1.51. The van der Waals surface area contributed by atoms with Gasteiger partial charge < -0.3 is 5.21 Å². The normalized spacial score (nSPS) is 10.4. The Morgan fingerprint density at radius 1 is 1.40 bits per heavy atom. The highest BCUT2D eigenvalue weighted by molar-refractivity contribution is 5.74. The highest BCUT2D eigenvalue weighted by Gasteiger charge is 1.97. The lowest BCUT2D eigenvalue weighted by atomic mass is 10.3. The largest absolute Gasteiger partial charge is 0.426 e. The molecule has 1 N–H and O–H groups in total. The number of aromatic nitrogens is 2. The number of hydrogen-bond donors (Lipinski definition) is 1. The lowest BCUT2D eigenvalue weighted by Crippen LogP contribution is -1.84. The third-order valence-electron chi connectivity index (χ3n) is 1.38. The highest BCUT2D eigenvalue weighted by atomic mass is 16.5. The van der Waals surface area contributed by atoms with Gasteiger partial charge in [-0.1, -0.05) is 12.1 Å². The van der Waals surface area contributed by atoms with E-state index in [0.29, 0.717) is 5.52 Å². The minimum absolute atomic E-state index is 0.683. The van der Waals surface area contributed by atoms with E-state index in [9.17, 15) is 0 Å². The van der Waals surface area contributed by atoms with Crippen molar-refractivity contribution in [3.63, 3.8) is 0 Å². The second kappa shape index (κ2) is 1.73. The molecule has 1 radical (unpaired) electrons. The molecular weight excluding hydrogens is 128 g/mol. The number of rotatable bonds is 0. The van der Waals surface area contributed by atoms with Crippen molar-refractivity contribution >= 4 is 11.0 Å². The van der Waals surface area contributed by atoms with E-state index in [-0.39, 0.29) is 0 Å². The Morgan fingerprint density at radius 3 is 3.00 bits per heavy atom. The fraction of sp³-hybridized carbons (Fsp3) is 0. The van der Waals surface area contributed by atoms with E-state index in [4.69, 9.17) is 5.21 Å². The van der Waals surface area contributed by atoms with Crippen LogP contribution in [0.2, 0.25) is 0 Å². The first-order chi connectivity index (χ1) is 4.88. The summed E-state index contributed by atoms with van der Waals surface area (Å²) in [6, 6.07) is 7.30. The maximum Gasteiger partial charge on any atom is 0.215 e. The molecule has 3 nitrogen and oxygen atoms in total. The minimum atomic E-state index is 0.683. The molecule has 1 aromatic carbocycles. The van der Waals surface area contributed by atoms with Crippen LogP contribution in [0.5, 0.6) is 0 Å². The monoisotopic (exact) mass is 133 g/mol. The predicted molar refractivity (Wildman–Crippen MR) is 35.8 cm³/mol. The van der Waals surface area contributed by atoms with E-state index in [0.717, 1.165) is 10.2 Å². The Bertz CT molecular complexity index is 353. The van der Waals surface area contributed by atoms with Gasteiger partial charge in [0.25, 0.3) is 0 Å². The average molecular weight is 133 g/mol. The van der Waals surface area contributed by atoms with Crippen LogP contribution in [-0.4, -0.2) is 14.9 Å². The zero-order valence-electron chi connectivity index (χ0n) is 5.15. The van der Waals surface area contributed by atoms with Crippen LogP contribution in [0.1, 0.15) is 0 Å². The fourth-order valence-electron chi connectivity index (χ4n) is 0.893. The van der Waals surface area contributed by atoms with Crippen LogP contribution in [-0.2, 0) is 0 Å². The second-order valence-corrected chi connectivity index (χ2v) is 2.01. The topological polar surface area (TPSA) is 38.0 Å². The fourth-order valence-corrected chi connectivity index (χ4v) is 0.893. The summed E-state index contributed by atoms with van der Waals surface area (Å²) >= 11 is 0. The maximum atomic E-state index is 9.01. The molecule has 0 unspecified atom stereocenters. The standard InChI is InChI=1S/C7H5N2O/c10-9-5-8-6-3-1-2-4-7(6)9/h1-4,10H. The number of para-hydroxylation sites is 2. The summed E-state index contributed by atoms with van der Waals surface area (Å²) in [5.41, 5.74) is 1.44. The molecule has 1 heterocycles. The van der Waals surface area contributed by atoms with Crippen LogP contribution in [0, 0.1) is 6.33 Å².